The van der Waals surface area contributed by atoms with E-state index < -0.39 is 23.9 Å². The van der Waals surface area contributed by atoms with Crippen LogP contribution < -0.4 is 64.8 Å². The maximum atomic E-state index is 11.6. The number of hydrogen-bond donors (Lipinski definition) is 2. The monoisotopic (exact) mass is 459 g/mol. The van der Waals surface area contributed by atoms with E-state index in [-0.39, 0.29) is 81.2 Å². The number of carbonyl (C=O) groups excluding carboxylic acids is 2. The zero-order valence-corrected chi connectivity index (χ0v) is 24.2. The van der Waals surface area contributed by atoms with E-state index in [9.17, 15) is 14.4 Å². The van der Waals surface area contributed by atoms with E-state index in [1.807, 2.05) is 0 Å². The first kappa shape index (κ1) is 35.9. The van der Waals surface area contributed by atoms with Gasteiger partial charge in [-0.25, -0.2) is 4.79 Å². The number of esters is 2. The van der Waals surface area contributed by atoms with Crippen molar-refractivity contribution in [2.75, 3.05) is 0 Å². The third kappa shape index (κ3) is 26.4. The van der Waals surface area contributed by atoms with Crippen molar-refractivity contribution < 1.29 is 86.2 Å². The molecule has 0 radical (unpaired) electrons. The molecule has 0 heterocycles. The standard InChI is InChI=1S/C23H41NO5.2Na.2H/c1-2-3-4-5-6-7-8-9-10-11-12-13-14-15-16-17-22(27)29-23(28)20(24)18-19-21(25)26;;;;/h9-10,20H,2-8,11-19,24H2,1H3,(H,25,26);;;;/q;2*+1;2*-1/b10-9-;;;;. The van der Waals surface area contributed by atoms with Gasteiger partial charge in [-0.2, -0.15) is 0 Å². The average molecular weight is 460 g/mol. The minimum absolute atomic E-state index is 0. The van der Waals surface area contributed by atoms with Crippen LogP contribution in [0, 0.1) is 0 Å². The molecule has 0 fully saturated rings. The van der Waals surface area contributed by atoms with Gasteiger partial charge in [0.05, 0.1) is 0 Å². The molecular formula is C23H43NNa2O5. The fourth-order valence-corrected chi connectivity index (χ4v) is 2.98. The number of hydrogen-bond acceptors (Lipinski definition) is 5. The first-order valence-electron chi connectivity index (χ1n) is 11.3. The van der Waals surface area contributed by atoms with Crippen LogP contribution in [-0.2, 0) is 19.1 Å². The second-order valence-electron chi connectivity index (χ2n) is 7.67. The van der Waals surface area contributed by atoms with E-state index in [1.54, 1.807) is 0 Å². The molecule has 3 N–H and O–H groups in total. The van der Waals surface area contributed by atoms with E-state index in [0.29, 0.717) is 6.42 Å². The molecule has 6 nitrogen and oxygen atoms in total. The molecule has 1 atom stereocenters. The molecule has 0 saturated heterocycles. The maximum absolute atomic E-state index is 11.6. The molecule has 0 aliphatic heterocycles. The van der Waals surface area contributed by atoms with Crippen LogP contribution in [0.1, 0.15) is 113 Å². The predicted octanol–water partition coefficient (Wildman–Crippen LogP) is -0.481. The molecule has 0 amide bonds. The zero-order valence-electron chi connectivity index (χ0n) is 22.2. The number of nitrogens with two attached hydrogens (primary N) is 1. The Kier molecular flexibility index (Phi) is 30.8. The first-order chi connectivity index (χ1) is 14.0. The largest absolute Gasteiger partial charge is 1.00 e. The molecule has 0 bridgehead atoms. The van der Waals surface area contributed by atoms with E-state index in [1.165, 1.54) is 44.9 Å². The number of carboxylic acids is 1. The SMILES string of the molecule is CCCCCCCC/C=C\CCCCCCCC(=O)OC(=O)C(N)CCC(=O)O.[H-].[H-].[Na+].[Na+]. The summed E-state index contributed by atoms with van der Waals surface area (Å²) in [6, 6.07) is -1.07. The van der Waals surface area contributed by atoms with Gasteiger partial charge in [0.2, 0.25) is 0 Å². The van der Waals surface area contributed by atoms with E-state index >= 15 is 0 Å². The van der Waals surface area contributed by atoms with E-state index in [0.717, 1.165) is 32.1 Å². The Hall–Kier alpha value is 0.310. The van der Waals surface area contributed by atoms with Crippen LogP contribution in [-0.4, -0.2) is 29.1 Å². The molecule has 1 unspecified atom stereocenters. The van der Waals surface area contributed by atoms with Gasteiger partial charge < -0.3 is 18.4 Å². The van der Waals surface area contributed by atoms with Crippen molar-refractivity contribution >= 4 is 17.9 Å². The smallest absolute Gasteiger partial charge is 1.00 e. The zero-order chi connectivity index (χ0) is 21.7. The molecule has 0 aromatic rings. The van der Waals surface area contributed by atoms with Gasteiger partial charge in [-0.15, -0.1) is 0 Å². The molecule has 0 aromatic heterocycles. The van der Waals surface area contributed by atoms with Crippen LogP contribution >= 0.6 is 0 Å². The molecule has 172 valence electrons. The average Bonchev–Trinajstić information content (AvgIpc) is 2.68. The van der Waals surface area contributed by atoms with E-state index in [2.05, 4.69) is 23.8 Å². The summed E-state index contributed by atoms with van der Waals surface area (Å²) in [5, 5.41) is 8.55. The van der Waals surface area contributed by atoms with Gasteiger partial charge in [-0.3, -0.25) is 9.59 Å². The second-order valence-corrected chi connectivity index (χ2v) is 7.67. The predicted molar refractivity (Wildman–Crippen MR) is 118 cm³/mol. The fourth-order valence-electron chi connectivity index (χ4n) is 2.98. The van der Waals surface area contributed by atoms with Crippen LogP contribution in [0.2, 0.25) is 0 Å². The Morgan fingerprint density at radius 3 is 1.84 bits per heavy atom. The van der Waals surface area contributed by atoms with Gasteiger partial charge in [0, 0.05) is 12.8 Å². The van der Waals surface area contributed by atoms with Crippen molar-refractivity contribution in [1.29, 1.82) is 0 Å². The topological polar surface area (TPSA) is 107 Å². The number of ether oxygens (including phenoxy) is 1. The molecule has 0 aliphatic rings. The Morgan fingerprint density at radius 1 is 0.839 bits per heavy atom. The summed E-state index contributed by atoms with van der Waals surface area (Å²) in [7, 11) is 0. The number of aliphatic carboxylic acids is 1. The van der Waals surface area contributed by atoms with Gasteiger partial charge in [-0.1, -0.05) is 70.4 Å². The summed E-state index contributed by atoms with van der Waals surface area (Å²) in [6.45, 7) is 2.24. The summed E-state index contributed by atoms with van der Waals surface area (Å²) in [4.78, 5) is 33.6. The molecule has 0 aromatic carbocycles. The molecule has 0 aliphatic carbocycles. The molecular weight excluding hydrogens is 416 g/mol. The van der Waals surface area contributed by atoms with Gasteiger partial charge in [-0.05, 0) is 38.5 Å². The summed E-state index contributed by atoms with van der Waals surface area (Å²) >= 11 is 0. The molecule has 0 spiro atoms. The Morgan fingerprint density at radius 2 is 1.32 bits per heavy atom. The quantitative estimate of drug-likeness (QED) is 0.0889. The van der Waals surface area contributed by atoms with Crippen molar-refractivity contribution in [3.05, 3.63) is 12.2 Å². The van der Waals surface area contributed by atoms with E-state index in [4.69, 9.17) is 10.8 Å². The van der Waals surface area contributed by atoms with Gasteiger partial charge in [0.1, 0.15) is 6.04 Å². The molecule has 31 heavy (non-hydrogen) atoms. The Balaban J connectivity index is -0.000000653. The van der Waals surface area contributed by atoms with Gasteiger partial charge in [0.25, 0.3) is 0 Å². The van der Waals surface area contributed by atoms with Crippen LogP contribution in [0.4, 0.5) is 0 Å². The van der Waals surface area contributed by atoms with Gasteiger partial charge >= 0.3 is 77.0 Å². The summed E-state index contributed by atoms with van der Waals surface area (Å²) in [6.07, 6.45) is 19.8. The summed E-state index contributed by atoms with van der Waals surface area (Å²) in [5.74, 6) is -2.46. The molecule has 0 rings (SSSR count). The van der Waals surface area contributed by atoms with Crippen molar-refractivity contribution in [2.24, 2.45) is 5.73 Å². The second kappa shape index (κ2) is 26.6. The number of allylic oxidation sites excluding steroid dienone is 2. The first-order valence-corrected chi connectivity index (χ1v) is 11.3. The minimum atomic E-state index is -1.07. The minimum Gasteiger partial charge on any atom is -1.00 e. The Labute approximate surface area is 236 Å². The van der Waals surface area contributed by atoms with Crippen LogP contribution in [0.25, 0.3) is 0 Å². The van der Waals surface area contributed by atoms with Crippen molar-refractivity contribution in [3.8, 4) is 0 Å². The molecule has 8 heteroatoms. The number of carboxylic acid groups (broad SMARTS) is 1. The normalized spacial score (nSPS) is 11.4. The van der Waals surface area contributed by atoms with Crippen LogP contribution in [0.15, 0.2) is 12.2 Å². The van der Waals surface area contributed by atoms with Crippen LogP contribution in [0.5, 0.6) is 0 Å². The third-order valence-corrected chi connectivity index (χ3v) is 4.83. The Bertz CT molecular complexity index is 497. The number of rotatable bonds is 19. The number of carbonyl (C=O) groups is 3. The van der Waals surface area contributed by atoms with Crippen molar-refractivity contribution in [3.63, 3.8) is 0 Å². The molecule has 0 saturated carbocycles. The third-order valence-electron chi connectivity index (χ3n) is 4.83. The van der Waals surface area contributed by atoms with Crippen molar-refractivity contribution in [1.82, 2.24) is 0 Å². The summed E-state index contributed by atoms with van der Waals surface area (Å²) in [5.41, 5.74) is 5.50. The maximum Gasteiger partial charge on any atom is 1.00 e. The van der Waals surface area contributed by atoms with Crippen molar-refractivity contribution in [2.45, 2.75) is 116 Å². The summed E-state index contributed by atoms with van der Waals surface area (Å²) < 4.78 is 4.66. The fraction of sp³-hybridized carbons (Fsp3) is 0.783. The van der Waals surface area contributed by atoms with Crippen LogP contribution in [0.3, 0.4) is 0 Å². The number of unbranched alkanes of at least 4 members (excludes halogenated alkanes) is 11. The van der Waals surface area contributed by atoms with Gasteiger partial charge in [0.15, 0.2) is 0 Å².